The maximum absolute atomic E-state index is 12.6. The molecule has 0 bridgehead atoms. The summed E-state index contributed by atoms with van der Waals surface area (Å²) in [6, 6.07) is 12.0. The molecule has 34 heavy (non-hydrogen) atoms. The van der Waals surface area contributed by atoms with Crippen LogP contribution < -0.4 is 10.1 Å². The number of anilines is 1. The van der Waals surface area contributed by atoms with Crippen molar-refractivity contribution in [2.75, 3.05) is 18.4 Å². The minimum atomic E-state index is -0.138. The van der Waals surface area contributed by atoms with Crippen LogP contribution in [0.2, 0.25) is 0 Å². The van der Waals surface area contributed by atoms with Crippen molar-refractivity contribution in [3.63, 3.8) is 0 Å². The highest BCUT2D eigenvalue weighted by molar-refractivity contribution is 5.88. The third-order valence-electron chi connectivity index (χ3n) is 6.30. The zero-order chi connectivity index (χ0) is 23.5. The first-order valence-corrected chi connectivity index (χ1v) is 11.8. The van der Waals surface area contributed by atoms with Crippen molar-refractivity contribution < 1.29 is 9.53 Å². The predicted octanol–water partition coefficient (Wildman–Crippen LogP) is 5.81. The summed E-state index contributed by atoms with van der Waals surface area (Å²) in [6.07, 6.45) is 10.6. The molecule has 2 amide bonds. The monoisotopic (exact) mass is 455 g/mol. The van der Waals surface area contributed by atoms with Crippen LogP contribution in [-0.4, -0.2) is 39.0 Å². The number of likely N-dealkylation sites (tertiary alicyclic amines) is 1. The number of carbonyl (C=O) groups is 1. The third kappa shape index (κ3) is 5.42. The number of hydrogen-bond acceptors (Lipinski definition) is 5. The summed E-state index contributed by atoms with van der Waals surface area (Å²) < 4.78 is 6.04. The molecule has 3 aromatic rings. The molecular weight excluding hydrogens is 426 g/mol. The van der Waals surface area contributed by atoms with E-state index in [-0.39, 0.29) is 11.9 Å². The molecule has 2 aromatic heterocycles. The number of carbonyl (C=O) groups excluding carboxylic acids is 1. The van der Waals surface area contributed by atoms with E-state index in [2.05, 4.69) is 45.4 Å². The van der Waals surface area contributed by atoms with Gasteiger partial charge in [0.25, 0.3) is 0 Å². The predicted molar refractivity (Wildman–Crippen MR) is 132 cm³/mol. The molecule has 7 nitrogen and oxygen atoms in total. The van der Waals surface area contributed by atoms with E-state index in [9.17, 15) is 4.79 Å². The van der Waals surface area contributed by atoms with Gasteiger partial charge in [0, 0.05) is 24.7 Å². The number of rotatable bonds is 5. The molecule has 1 aliphatic carbocycles. The van der Waals surface area contributed by atoms with Gasteiger partial charge in [0.1, 0.15) is 11.5 Å². The van der Waals surface area contributed by atoms with Crippen LogP contribution in [0.25, 0.3) is 6.08 Å². The van der Waals surface area contributed by atoms with Crippen LogP contribution in [0.1, 0.15) is 49.1 Å². The molecule has 1 aliphatic heterocycles. The molecular formula is C27H29N5O2. The Morgan fingerprint density at radius 1 is 1.09 bits per heavy atom. The second-order valence-electron chi connectivity index (χ2n) is 9.16. The minimum Gasteiger partial charge on any atom is -0.456 e. The molecule has 7 heteroatoms. The summed E-state index contributed by atoms with van der Waals surface area (Å²) >= 11 is 0. The van der Waals surface area contributed by atoms with Gasteiger partial charge in [-0.1, -0.05) is 30.7 Å². The molecule has 1 unspecified atom stereocenters. The van der Waals surface area contributed by atoms with Crippen LogP contribution in [0.5, 0.6) is 11.5 Å². The van der Waals surface area contributed by atoms with Gasteiger partial charge in [-0.05, 0) is 61.9 Å². The molecule has 1 atom stereocenters. The van der Waals surface area contributed by atoms with Crippen LogP contribution in [0.3, 0.4) is 0 Å². The lowest BCUT2D eigenvalue weighted by molar-refractivity contribution is 0.197. The van der Waals surface area contributed by atoms with Gasteiger partial charge in [-0.25, -0.2) is 9.78 Å². The molecule has 3 heterocycles. The normalized spacial score (nSPS) is 19.2. The highest BCUT2D eigenvalue weighted by Gasteiger charge is 2.25. The maximum atomic E-state index is 12.6. The van der Waals surface area contributed by atoms with E-state index in [4.69, 9.17) is 4.74 Å². The summed E-state index contributed by atoms with van der Waals surface area (Å²) in [5.74, 6) is 2.91. The van der Waals surface area contributed by atoms with E-state index in [1.54, 1.807) is 12.4 Å². The van der Waals surface area contributed by atoms with Crippen molar-refractivity contribution in [2.24, 2.45) is 5.92 Å². The number of nitrogens with zero attached hydrogens (tertiary/aromatic N) is 4. The summed E-state index contributed by atoms with van der Waals surface area (Å²) in [6.45, 7) is 5.34. The number of aryl methyl sites for hydroxylation is 1. The van der Waals surface area contributed by atoms with Crippen LogP contribution >= 0.6 is 0 Å². The number of ether oxygens (including phenoxy) is 1. The van der Waals surface area contributed by atoms with E-state index in [1.165, 1.54) is 18.4 Å². The van der Waals surface area contributed by atoms with Crippen LogP contribution in [0.15, 0.2) is 60.6 Å². The first-order chi connectivity index (χ1) is 16.5. The molecule has 1 saturated carbocycles. The number of amides is 2. The van der Waals surface area contributed by atoms with Crippen molar-refractivity contribution in [1.82, 2.24) is 19.9 Å². The summed E-state index contributed by atoms with van der Waals surface area (Å²) in [5.41, 5.74) is 4.39. The van der Waals surface area contributed by atoms with Gasteiger partial charge in [-0.2, -0.15) is 0 Å². The molecule has 0 radical (unpaired) electrons. The first kappa shape index (κ1) is 22.1. The Morgan fingerprint density at radius 2 is 1.97 bits per heavy atom. The lowest BCUT2D eigenvalue weighted by Gasteiger charge is -2.33. The fourth-order valence-corrected chi connectivity index (χ4v) is 4.18. The number of hydrogen-bond donors (Lipinski definition) is 1. The lowest BCUT2D eigenvalue weighted by atomic mass is 9.91. The second kappa shape index (κ2) is 9.63. The molecule has 5 rings (SSSR count). The number of pyridine rings is 1. The Kier molecular flexibility index (Phi) is 6.25. The molecule has 0 spiro atoms. The van der Waals surface area contributed by atoms with Crippen molar-refractivity contribution in [3.05, 3.63) is 77.5 Å². The van der Waals surface area contributed by atoms with Gasteiger partial charge in [0.15, 0.2) is 5.82 Å². The second-order valence-corrected chi connectivity index (χ2v) is 9.16. The minimum absolute atomic E-state index is 0.138. The Labute approximate surface area is 199 Å². The third-order valence-corrected chi connectivity index (χ3v) is 6.30. The largest absolute Gasteiger partial charge is 0.456 e. The Bertz CT molecular complexity index is 1190. The molecule has 1 saturated heterocycles. The fourth-order valence-electron chi connectivity index (χ4n) is 4.18. The number of piperidine rings is 1. The van der Waals surface area contributed by atoms with Gasteiger partial charge in [0.2, 0.25) is 0 Å². The lowest BCUT2D eigenvalue weighted by Crippen LogP contribution is -2.42. The van der Waals surface area contributed by atoms with Crippen LogP contribution in [0, 0.1) is 12.8 Å². The van der Waals surface area contributed by atoms with Crippen molar-refractivity contribution in [1.29, 1.82) is 0 Å². The number of nitrogens with one attached hydrogen (secondary N) is 1. The zero-order valence-electron chi connectivity index (χ0n) is 19.6. The molecule has 1 aromatic carbocycles. The standard InChI is InChI=1S/C27H29N5O2/c1-18-17-32(27(33)31-26-16-28-19(2)14-30-26)11-10-22(18)12-20-4-3-5-23(13-20)34-24-8-9-25(29-15-24)21-6-7-21/h3-5,8-9,12-16,18,21H,6-7,10-11,17H2,1-2H3,(H,30,31,33)/b22-12+. The molecule has 2 aliphatic rings. The van der Waals surface area contributed by atoms with Gasteiger partial charge in [-0.3, -0.25) is 15.3 Å². The molecule has 174 valence electrons. The maximum Gasteiger partial charge on any atom is 0.323 e. The molecule has 1 N–H and O–H groups in total. The Balaban J connectivity index is 1.20. The Morgan fingerprint density at radius 3 is 2.68 bits per heavy atom. The van der Waals surface area contributed by atoms with E-state index < -0.39 is 0 Å². The zero-order valence-corrected chi connectivity index (χ0v) is 19.6. The van der Waals surface area contributed by atoms with Gasteiger partial charge < -0.3 is 9.64 Å². The van der Waals surface area contributed by atoms with Gasteiger partial charge >= 0.3 is 6.03 Å². The van der Waals surface area contributed by atoms with Crippen LogP contribution in [0.4, 0.5) is 10.6 Å². The van der Waals surface area contributed by atoms with Crippen LogP contribution in [-0.2, 0) is 0 Å². The van der Waals surface area contributed by atoms with E-state index in [0.29, 0.717) is 24.8 Å². The summed E-state index contributed by atoms with van der Waals surface area (Å²) in [7, 11) is 0. The van der Waals surface area contributed by atoms with E-state index in [0.717, 1.165) is 34.9 Å². The number of urea groups is 1. The van der Waals surface area contributed by atoms with Crippen molar-refractivity contribution >= 4 is 17.9 Å². The first-order valence-electron chi connectivity index (χ1n) is 11.8. The van der Waals surface area contributed by atoms with Gasteiger partial charge in [-0.15, -0.1) is 0 Å². The highest BCUT2D eigenvalue weighted by atomic mass is 16.5. The highest BCUT2D eigenvalue weighted by Crippen LogP contribution is 2.39. The fraction of sp³-hybridized carbons (Fsp3) is 0.333. The number of benzene rings is 1. The van der Waals surface area contributed by atoms with Gasteiger partial charge in [0.05, 0.1) is 24.3 Å². The SMILES string of the molecule is Cc1cnc(NC(=O)N2CC/C(=C\c3cccc(Oc4ccc(C5CC5)nc4)c3)C(C)C2)cn1. The Hall–Kier alpha value is -3.74. The topological polar surface area (TPSA) is 80.2 Å². The average molecular weight is 456 g/mol. The molecule has 2 fully saturated rings. The summed E-state index contributed by atoms with van der Waals surface area (Å²) in [5, 5.41) is 2.84. The quantitative estimate of drug-likeness (QED) is 0.525. The van der Waals surface area contributed by atoms with E-state index in [1.807, 2.05) is 42.3 Å². The van der Waals surface area contributed by atoms with E-state index >= 15 is 0 Å². The number of aromatic nitrogens is 3. The average Bonchev–Trinajstić information content (AvgIpc) is 3.68. The smallest absolute Gasteiger partial charge is 0.323 e. The summed E-state index contributed by atoms with van der Waals surface area (Å²) in [4.78, 5) is 27.4. The van der Waals surface area contributed by atoms with Crippen molar-refractivity contribution in [2.45, 2.75) is 39.0 Å². The van der Waals surface area contributed by atoms with Crippen molar-refractivity contribution in [3.8, 4) is 11.5 Å².